The van der Waals surface area contributed by atoms with E-state index in [1.54, 1.807) is 20.0 Å². The third-order valence-corrected chi connectivity index (χ3v) is 3.06. The van der Waals surface area contributed by atoms with E-state index in [2.05, 4.69) is 15.5 Å². The van der Waals surface area contributed by atoms with Crippen LogP contribution in [0.1, 0.15) is 37.9 Å². The van der Waals surface area contributed by atoms with Crippen LogP contribution in [0.5, 0.6) is 0 Å². The zero-order chi connectivity index (χ0) is 14.5. The molecule has 6 nitrogen and oxygen atoms in total. The normalized spacial score (nSPS) is 11.3. The number of rotatable bonds is 7. The van der Waals surface area contributed by atoms with Gasteiger partial charge in [0.25, 0.3) is 0 Å². The van der Waals surface area contributed by atoms with Crippen LogP contribution in [-0.2, 0) is 16.0 Å². The Labute approximate surface area is 112 Å². The Morgan fingerprint density at radius 3 is 2.68 bits per heavy atom. The number of nitrogens with zero attached hydrogens (tertiary/aromatic N) is 1. The molecular weight excluding hydrogens is 246 g/mol. The molecule has 0 aliphatic heterocycles. The minimum Gasteiger partial charge on any atom is -0.481 e. The molecule has 1 heterocycles. The lowest BCUT2D eigenvalue weighted by atomic mass is 9.89. The zero-order valence-electron chi connectivity index (χ0n) is 11.6. The summed E-state index contributed by atoms with van der Waals surface area (Å²) in [7, 11) is 0. The molecule has 1 rings (SSSR count). The molecule has 1 aromatic heterocycles. The number of aromatic nitrogens is 2. The lowest BCUT2D eigenvalue weighted by Crippen LogP contribution is -2.33. The number of carbonyl (C=O) groups is 2. The van der Waals surface area contributed by atoms with E-state index in [4.69, 9.17) is 5.11 Å². The van der Waals surface area contributed by atoms with Crippen LogP contribution in [0.4, 0.5) is 0 Å². The van der Waals surface area contributed by atoms with Gasteiger partial charge in [0.05, 0.1) is 11.6 Å². The molecule has 0 saturated heterocycles. The summed E-state index contributed by atoms with van der Waals surface area (Å²) in [5.74, 6) is -1.19. The third kappa shape index (κ3) is 4.73. The fourth-order valence-corrected chi connectivity index (χ4v) is 1.67. The van der Waals surface area contributed by atoms with E-state index in [9.17, 15) is 9.59 Å². The molecule has 0 aliphatic rings. The first-order valence-electron chi connectivity index (χ1n) is 6.32. The molecule has 106 valence electrons. The van der Waals surface area contributed by atoms with Crippen LogP contribution < -0.4 is 5.32 Å². The molecule has 19 heavy (non-hydrogen) atoms. The number of aliphatic carboxylic acids is 1. The van der Waals surface area contributed by atoms with Gasteiger partial charge >= 0.3 is 5.97 Å². The summed E-state index contributed by atoms with van der Waals surface area (Å²) in [6.45, 7) is 5.59. The van der Waals surface area contributed by atoms with E-state index in [1.807, 2.05) is 6.92 Å². The first-order chi connectivity index (χ1) is 8.83. The number of aryl methyl sites for hydroxylation is 2. The number of carboxylic acids is 1. The van der Waals surface area contributed by atoms with Crippen molar-refractivity contribution in [3.05, 3.63) is 17.5 Å². The second kappa shape index (κ2) is 6.36. The number of hydrogen-bond acceptors (Lipinski definition) is 3. The highest BCUT2D eigenvalue weighted by Gasteiger charge is 2.29. The van der Waals surface area contributed by atoms with E-state index in [1.165, 1.54) is 0 Å². The van der Waals surface area contributed by atoms with Gasteiger partial charge in [0.2, 0.25) is 5.91 Å². The van der Waals surface area contributed by atoms with E-state index in [0.29, 0.717) is 6.54 Å². The first-order valence-corrected chi connectivity index (χ1v) is 6.32. The summed E-state index contributed by atoms with van der Waals surface area (Å²) in [6, 6.07) is 0. The summed E-state index contributed by atoms with van der Waals surface area (Å²) in [5, 5.41) is 18.5. The van der Waals surface area contributed by atoms with Gasteiger partial charge in [-0.3, -0.25) is 14.7 Å². The summed E-state index contributed by atoms with van der Waals surface area (Å²) in [6.07, 6.45) is 3.42. The van der Waals surface area contributed by atoms with Crippen molar-refractivity contribution in [3.8, 4) is 0 Å². The van der Waals surface area contributed by atoms with Crippen molar-refractivity contribution in [2.24, 2.45) is 5.41 Å². The van der Waals surface area contributed by atoms with E-state index in [-0.39, 0.29) is 12.3 Å². The highest BCUT2D eigenvalue weighted by Crippen LogP contribution is 2.19. The van der Waals surface area contributed by atoms with Crippen molar-refractivity contribution in [2.75, 3.05) is 6.54 Å². The molecular formula is C13H21N3O3. The molecule has 0 spiro atoms. The van der Waals surface area contributed by atoms with Gasteiger partial charge in [0, 0.05) is 18.7 Å². The van der Waals surface area contributed by atoms with Crippen LogP contribution in [0, 0.1) is 12.3 Å². The number of carbonyl (C=O) groups excluding carboxylic acids is 1. The first kappa shape index (κ1) is 15.2. The fraction of sp³-hybridized carbons (Fsp3) is 0.615. The number of amides is 1. The lowest BCUT2D eigenvalue weighted by molar-refractivity contribution is -0.149. The van der Waals surface area contributed by atoms with Crippen molar-refractivity contribution in [2.45, 2.75) is 40.0 Å². The maximum Gasteiger partial charge on any atom is 0.309 e. The number of carboxylic acid groups (broad SMARTS) is 1. The predicted molar refractivity (Wildman–Crippen MR) is 70.7 cm³/mol. The molecule has 0 aliphatic carbocycles. The molecule has 0 unspecified atom stereocenters. The Bertz CT molecular complexity index is 452. The summed E-state index contributed by atoms with van der Waals surface area (Å²) in [5.41, 5.74) is 1.16. The Balaban J connectivity index is 2.25. The highest BCUT2D eigenvalue weighted by atomic mass is 16.4. The van der Waals surface area contributed by atoms with Gasteiger partial charge in [-0.1, -0.05) is 0 Å². The van der Waals surface area contributed by atoms with Gasteiger partial charge in [-0.15, -0.1) is 0 Å². The van der Waals surface area contributed by atoms with Crippen LogP contribution in [0.15, 0.2) is 6.20 Å². The van der Waals surface area contributed by atoms with Crippen LogP contribution >= 0.6 is 0 Å². The second-order valence-corrected chi connectivity index (χ2v) is 5.34. The molecule has 6 heteroatoms. The minimum atomic E-state index is -1.02. The molecule has 1 amide bonds. The van der Waals surface area contributed by atoms with Gasteiger partial charge in [-0.2, -0.15) is 5.10 Å². The average molecular weight is 267 g/mol. The third-order valence-electron chi connectivity index (χ3n) is 3.06. The summed E-state index contributed by atoms with van der Waals surface area (Å²) >= 11 is 0. The summed E-state index contributed by atoms with van der Waals surface area (Å²) < 4.78 is 0. The van der Waals surface area contributed by atoms with Crippen LogP contribution in [0.3, 0.4) is 0 Å². The monoisotopic (exact) mass is 267 g/mol. The maximum atomic E-state index is 11.6. The Morgan fingerprint density at radius 2 is 2.16 bits per heavy atom. The molecule has 0 aromatic carbocycles. The van der Waals surface area contributed by atoms with E-state index < -0.39 is 11.4 Å². The average Bonchev–Trinajstić information content (AvgIpc) is 2.69. The molecule has 0 fully saturated rings. The number of aromatic amines is 1. The minimum absolute atomic E-state index is 0.00687. The molecule has 0 saturated carbocycles. The highest BCUT2D eigenvalue weighted by molar-refractivity contribution is 5.84. The standard InChI is InChI=1S/C13H21N3O3/c1-9-10(8-15-16-9)5-4-6-14-11(17)7-13(2,3)12(18)19/h8H,4-7H2,1-3H3,(H,14,17)(H,15,16)(H,18,19). The van der Waals surface area contributed by atoms with Crippen molar-refractivity contribution in [3.63, 3.8) is 0 Å². The van der Waals surface area contributed by atoms with Gasteiger partial charge in [0.15, 0.2) is 0 Å². The molecule has 3 N–H and O–H groups in total. The number of nitrogens with one attached hydrogen (secondary N) is 2. The molecule has 1 aromatic rings. The van der Waals surface area contributed by atoms with Crippen molar-refractivity contribution in [1.29, 1.82) is 0 Å². The van der Waals surface area contributed by atoms with E-state index in [0.717, 1.165) is 24.1 Å². The van der Waals surface area contributed by atoms with Crippen LogP contribution in [0.2, 0.25) is 0 Å². The Kier molecular flexibility index (Phi) is 5.09. The van der Waals surface area contributed by atoms with Gasteiger partial charge in [-0.25, -0.2) is 0 Å². The van der Waals surface area contributed by atoms with E-state index >= 15 is 0 Å². The topological polar surface area (TPSA) is 95.1 Å². The summed E-state index contributed by atoms with van der Waals surface area (Å²) in [4.78, 5) is 22.5. The lowest BCUT2D eigenvalue weighted by Gasteiger charge is -2.18. The number of H-pyrrole nitrogens is 1. The van der Waals surface area contributed by atoms with Gasteiger partial charge in [-0.05, 0) is 39.2 Å². The zero-order valence-corrected chi connectivity index (χ0v) is 11.6. The Morgan fingerprint density at radius 1 is 1.47 bits per heavy atom. The Hall–Kier alpha value is -1.85. The van der Waals surface area contributed by atoms with Gasteiger partial charge in [0.1, 0.15) is 0 Å². The molecule has 0 radical (unpaired) electrons. The van der Waals surface area contributed by atoms with Crippen LogP contribution in [0.25, 0.3) is 0 Å². The molecule has 0 bridgehead atoms. The van der Waals surface area contributed by atoms with Crippen molar-refractivity contribution in [1.82, 2.24) is 15.5 Å². The van der Waals surface area contributed by atoms with Crippen molar-refractivity contribution < 1.29 is 14.7 Å². The van der Waals surface area contributed by atoms with Gasteiger partial charge < -0.3 is 10.4 Å². The fourth-order valence-electron chi connectivity index (χ4n) is 1.67. The number of hydrogen-bond donors (Lipinski definition) is 3. The quantitative estimate of drug-likeness (QED) is 0.648. The molecule has 0 atom stereocenters. The van der Waals surface area contributed by atoms with Crippen molar-refractivity contribution >= 4 is 11.9 Å². The second-order valence-electron chi connectivity index (χ2n) is 5.34. The van der Waals surface area contributed by atoms with Crippen LogP contribution in [-0.4, -0.2) is 33.7 Å². The smallest absolute Gasteiger partial charge is 0.309 e. The predicted octanol–water partition coefficient (Wildman–Crippen LogP) is 1.27. The maximum absolute atomic E-state index is 11.6. The largest absolute Gasteiger partial charge is 0.481 e. The SMILES string of the molecule is Cc1[nH]ncc1CCCNC(=O)CC(C)(C)C(=O)O.